The van der Waals surface area contributed by atoms with Gasteiger partial charge in [0.2, 0.25) is 0 Å². The lowest BCUT2D eigenvalue weighted by atomic mass is 9.77. The van der Waals surface area contributed by atoms with E-state index >= 15 is 0 Å². The summed E-state index contributed by atoms with van der Waals surface area (Å²) in [5.41, 5.74) is 5.77. The lowest BCUT2D eigenvalue weighted by Gasteiger charge is -2.30. The van der Waals surface area contributed by atoms with Gasteiger partial charge in [-0.1, -0.05) is 90.3 Å². The van der Waals surface area contributed by atoms with E-state index in [1.807, 2.05) is 12.5 Å². The maximum Gasteiger partial charge on any atom is 0.292 e. The van der Waals surface area contributed by atoms with Crippen molar-refractivity contribution in [1.29, 1.82) is 10.5 Å². The van der Waals surface area contributed by atoms with E-state index in [9.17, 15) is 10.5 Å². The van der Waals surface area contributed by atoms with E-state index in [1.54, 1.807) is 0 Å². The molecule has 4 nitrogen and oxygen atoms in total. The highest BCUT2D eigenvalue weighted by atomic mass is 16.5. The Morgan fingerprint density at radius 1 is 0.750 bits per heavy atom. The summed E-state index contributed by atoms with van der Waals surface area (Å²) in [5.74, 6) is 1.16. The van der Waals surface area contributed by atoms with E-state index in [1.165, 1.54) is 0 Å². The first-order chi connectivity index (χ1) is 14.8. The van der Waals surface area contributed by atoms with Crippen molar-refractivity contribution in [2.75, 3.05) is 0 Å². The number of benzene rings is 2. The van der Waals surface area contributed by atoms with Crippen molar-refractivity contribution in [3.8, 4) is 24.0 Å². The molecule has 2 rings (SSSR count). The topological polar surface area (TPSA) is 66.0 Å². The lowest BCUT2D eigenvalue weighted by molar-refractivity contribution is 0.451. The van der Waals surface area contributed by atoms with Crippen molar-refractivity contribution in [3.63, 3.8) is 0 Å². The van der Waals surface area contributed by atoms with Gasteiger partial charge in [-0.15, -0.1) is 10.5 Å². The molecule has 0 amide bonds. The fourth-order valence-electron chi connectivity index (χ4n) is 4.32. The second kappa shape index (κ2) is 9.66. The Labute approximate surface area is 193 Å². The van der Waals surface area contributed by atoms with Gasteiger partial charge in [-0.05, 0) is 31.1 Å². The number of aryl methyl sites for hydroxylation is 2. The summed E-state index contributed by atoms with van der Waals surface area (Å²) in [6.45, 7) is 19.0. The van der Waals surface area contributed by atoms with Crippen LogP contribution in [0, 0.1) is 36.9 Å². The molecule has 0 heterocycles. The maximum atomic E-state index is 9.48. The second-order valence-corrected chi connectivity index (χ2v) is 10.7. The molecule has 0 spiro atoms. The third kappa shape index (κ3) is 5.43. The Bertz CT molecular complexity index is 974. The van der Waals surface area contributed by atoms with E-state index in [0.29, 0.717) is 11.5 Å². The molecule has 0 unspecified atom stereocenters. The van der Waals surface area contributed by atoms with Crippen LogP contribution >= 0.6 is 0 Å². The molecule has 0 fully saturated rings. The van der Waals surface area contributed by atoms with E-state index in [0.717, 1.165) is 46.2 Å². The van der Waals surface area contributed by atoms with Gasteiger partial charge in [0.25, 0.3) is 12.5 Å². The number of nitrogens with zero attached hydrogens (tertiary/aromatic N) is 2. The Hall–Kier alpha value is -2.98. The van der Waals surface area contributed by atoms with Crippen LogP contribution in [0.3, 0.4) is 0 Å². The van der Waals surface area contributed by atoms with Gasteiger partial charge < -0.3 is 9.47 Å². The first-order valence-electron chi connectivity index (χ1n) is 11.3. The van der Waals surface area contributed by atoms with Crippen molar-refractivity contribution >= 4 is 0 Å². The van der Waals surface area contributed by atoms with Crippen molar-refractivity contribution in [3.05, 3.63) is 57.6 Å². The molecule has 2 aromatic rings. The Kier molecular flexibility index (Phi) is 7.63. The van der Waals surface area contributed by atoms with Crippen molar-refractivity contribution < 1.29 is 9.47 Å². The van der Waals surface area contributed by atoms with Gasteiger partial charge in [-0.2, -0.15) is 0 Å². The summed E-state index contributed by atoms with van der Waals surface area (Å²) in [5, 5.41) is 19.0. The maximum absolute atomic E-state index is 9.48. The molecule has 32 heavy (non-hydrogen) atoms. The monoisotopic (exact) mass is 432 g/mol. The van der Waals surface area contributed by atoms with E-state index in [2.05, 4.69) is 86.6 Å². The van der Waals surface area contributed by atoms with E-state index in [-0.39, 0.29) is 16.7 Å². The highest BCUT2D eigenvalue weighted by Crippen LogP contribution is 2.47. The number of hydrogen-bond acceptors (Lipinski definition) is 4. The Balaban J connectivity index is 2.96. The molecule has 0 aliphatic carbocycles. The van der Waals surface area contributed by atoms with Crippen LogP contribution in [-0.2, 0) is 10.8 Å². The average Bonchev–Trinajstić information content (AvgIpc) is 2.67. The lowest BCUT2D eigenvalue weighted by Crippen LogP contribution is -2.18. The molecule has 170 valence electrons. The molecule has 0 N–H and O–H groups in total. The first-order valence-corrected chi connectivity index (χ1v) is 11.3. The third-order valence-corrected chi connectivity index (χ3v) is 5.76. The molecule has 0 radical (unpaired) electrons. The smallest absolute Gasteiger partial charge is 0.292 e. The molecule has 0 saturated carbocycles. The summed E-state index contributed by atoms with van der Waals surface area (Å²) >= 11 is 0. The predicted octanol–water partition coefficient (Wildman–Crippen LogP) is 7.55. The largest absolute Gasteiger partial charge is 0.387 e. The third-order valence-electron chi connectivity index (χ3n) is 5.76. The summed E-state index contributed by atoms with van der Waals surface area (Å²) in [6, 6.07) is 8.42. The number of ether oxygens (including phenoxy) is 2. The van der Waals surface area contributed by atoms with E-state index in [4.69, 9.17) is 9.47 Å². The van der Waals surface area contributed by atoms with Gasteiger partial charge in [-0.25, -0.2) is 0 Å². The fraction of sp³-hybridized carbons (Fsp3) is 0.500. The number of rotatable bonds is 6. The molecule has 0 aliphatic heterocycles. The van der Waals surface area contributed by atoms with Gasteiger partial charge in [0, 0.05) is 28.2 Å². The molecular formula is C28H36N2O2. The zero-order chi connectivity index (χ0) is 24.3. The molecule has 0 aliphatic rings. The van der Waals surface area contributed by atoms with Crippen LogP contribution in [-0.4, -0.2) is 0 Å². The van der Waals surface area contributed by atoms with Gasteiger partial charge in [-0.3, -0.25) is 0 Å². The first kappa shape index (κ1) is 25.3. The number of hydrogen-bond donors (Lipinski definition) is 0. The standard InChI is InChI=1S/C28H36N2O2/c1-10-11-20(21-12-18(2)14-23(27(4,5)6)25(21)31-16-29)22-13-19(3)15-24(28(7,8)9)26(22)32-17-30/h12-15,20H,10-11H2,1-9H3. The highest BCUT2D eigenvalue weighted by molar-refractivity contribution is 5.57. The van der Waals surface area contributed by atoms with Crippen LogP contribution in [0.1, 0.15) is 101 Å². The average molecular weight is 433 g/mol. The molecule has 0 aromatic heterocycles. The SMILES string of the molecule is CCCC(c1cc(C)cc(C(C)(C)C)c1OC#N)c1cc(C)cc(C(C)(C)C)c1OC#N. The summed E-state index contributed by atoms with van der Waals surface area (Å²) in [4.78, 5) is 0. The zero-order valence-corrected chi connectivity index (χ0v) is 21.0. The van der Waals surface area contributed by atoms with Crippen molar-refractivity contribution in [2.45, 2.75) is 91.9 Å². The van der Waals surface area contributed by atoms with Crippen LogP contribution < -0.4 is 9.47 Å². The molecular weight excluding hydrogens is 396 g/mol. The van der Waals surface area contributed by atoms with E-state index < -0.39 is 0 Å². The van der Waals surface area contributed by atoms with Crippen molar-refractivity contribution in [1.82, 2.24) is 0 Å². The Morgan fingerprint density at radius 3 is 1.41 bits per heavy atom. The Morgan fingerprint density at radius 2 is 1.12 bits per heavy atom. The van der Waals surface area contributed by atoms with Crippen LogP contribution in [0.25, 0.3) is 0 Å². The van der Waals surface area contributed by atoms with Crippen LogP contribution in [0.15, 0.2) is 24.3 Å². The van der Waals surface area contributed by atoms with Crippen molar-refractivity contribution in [2.24, 2.45) is 0 Å². The fourth-order valence-corrected chi connectivity index (χ4v) is 4.32. The molecule has 0 atom stereocenters. The summed E-state index contributed by atoms with van der Waals surface area (Å²) in [7, 11) is 0. The van der Waals surface area contributed by atoms with Crippen LogP contribution in [0.2, 0.25) is 0 Å². The minimum Gasteiger partial charge on any atom is -0.387 e. The van der Waals surface area contributed by atoms with Gasteiger partial charge >= 0.3 is 0 Å². The molecule has 0 bridgehead atoms. The quantitative estimate of drug-likeness (QED) is 0.442. The number of nitriles is 2. The molecule has 2 aromatic carbocycles. The molecule has 0 saturated heterocycles. The predicted molar refractivity (Wildman–Crippen MR) is 129 cm³/mol. The normalized spacial score (nSPS) is 11.8. The summed E-state index contributed by atoms with van der Waals surface area (Å²) in [6.07, 6.45) is 5.58. The summed E-state index contributed by atoms with van der Waals surface area (Å²) < 4.78 is 11.3. The second-order valence-electron chi connectivity index (χ2n) is 10.7. The van der Waals surface area contributed by atoms with Gasteiger partial charge in [0.1, 0.15) is 11.5 Å². The van der Waals surface area contributed by atoms with Gasteiger partial charge in [0.15, 0.2) is 0 Å². The molecule has 4 heteroatoms. The highest BCUT2D eigenvalue weighted by Gasteiger charge is 2.31. The van der Waals surface area contributed by atoms with Crippen LogP contribution in [0.5, 0.6) is 11.5 Å². The zero-order valence-electron chi connectivity index (χ0n) is 21.0. The van der Waals surface area contributed by atoms with Gasteiger partial charge in [0.05, 0.1) is 0 Å². The minimum absolute atomic E-state index is 0.0753. The van der Waals surface area contributed by atoms with Crippen LogP contribution in [0.4, 0.5) is 0 Å². The minimum atomic E-state index is -0.196.